The van der Waals surface area contributed by atoms with Crippen molar-refractivity contribution in [2.75, 3.05) is 13.6 Å². The summed E-state index contributed by atoms with van der Waals surface area (Å²) in [6.45, 7) is 0.503. The predicted molar refractivity (Wildman–Crippen MR) is 89.3 cm³/mol. The van der Waals surface area contributed by atoms with Crippen LogP contribution in [0.5, 0.6) is 0 Å². The second kappa shape index (κ2) is 7.40. The molecule has 21 heavy (non-hydrogen) atoms. The molecule has 0 aliphatic carbocycles. The van der Waals surface area contributed by atoms with Gasteiger partial charge in [0.25, 0.3) is 0 Å². The van der Waals surface area contributed by atoms with Gasteiger partial charge in [0.15, 0.2) is 0 Å². The van der Waals surface area contributed by atoms with Crippen LogP contribution in [0.1, 0.15) is 16.0 Å². The van der Waals surface area contributed by atoms with E-state index in [0.717, 1.165) is 17.5 Å². The molecule has 0 N–H and O–H groups in total. The third kappa shape index (κ3) is 4.81. The van der Waals surface area contributed by atoms with Crippen molar-refractivity contribution < 1.29 is 8.42 Å². The molecular weight excluding hydrogens is 326 g/mol. The van der Waals surface area contributed by atoms with Crippen LogP contribution in [-0.2, 0) is 28.1 Å². The van der Waals surface area contributed by atoms with Crippen molar-refractivity contribution in [3.63, 3.8) is 0 Å². The molecule has 2 rings (SSSR count). The van der Waals surface area contributed by atoms with Gasteiger partial charge in [0.05, 0.1) is 5.75 Å². The number of alkyl halides is 1. The molecule has 0 bridgehead atoms. The largest absolute Gasteiger partial charge is 0.218 e. The van der Waals surface area contributed by atoms with E-state index in [-0.39, 0.29) is 5.75 Å². The number of benzene rings is 1. The van der Waals surface area contributed by atoms with Gasteiger partial charge >= 0.3 is 0 Å². The minimum atomic E-state index is -3.28. The minimum absolute atomic E-state index is 0.0243. The quantitative estimate of drug-likeness (QED) is 0.722. The summed E-state index contributed by atoms with van der Waals surface area (Å²) < 4.78 is 26.1. The Kier molecular flexibility index (Phi) is 5.81. The molecule has 2 aromatic rings. The minimum Gasteiger partial charge on any atom is -0.212 e. The second-order valence-electron chi connectivity index (χ2n) is 4.86. The summed E-state index contributed by atoms with van der Waals surface area (Å²) in [6, 6.07) is 11.4. The zero-order valence-corrected chi connectivity index (χ0v) is 14.2. The van der Waals surface area contributed by atoms with Crippen LogP contribution in [0.4, 0.5) is 0 Å². The molecule has 0 aliphatic heterocycles. The zero-order chi connectivity index (χ0) is 15.3. The molecular formula is C15H18ClNO2S2. The lowest BCUT2D eigenvalue weighted by atomic mass is 10.2. The van der Waals surface area contributed by atoms with Gasteiger partial charge in [-0.25, -0.2) is 12.7 Å². The van der Waals surface area contributed by atoms with Crippen LogP contribution in [0.2, 0.25) is 0 Å². The lowest BCUT2D eigenvalue weighted by Gasteiger charge is -2.16. The zero-order valence-electron chi connectivity index (χ0n) is 11.8. The van der Waals surface area contributed by atoms with Gasteiger partial charge in [0.1, 0.15) is 0 Å². The van der Waals surface area contributed by atoms with E-state index in [0.29, 0.717) is 12.4 Å². The number of likely N-dealkylation sites (N-methyl/N-ethyl adjacent to an activating group) is 1. The molecule has 0 saturated carbocycles. The lowest BCUT2D eigenvalue weighted by molar-refractivity contribution is 0.472. The number of nitrogens with zero attached hydrogens (tertiary/aromatic N) is 1. The first-order valence-electron chi connectivity index (χ1n) is 6.61. The van der Waals surface area contributed by atoms with Gasteiger partial charge in [0, 0.05) is 24.3 Å². The molecule has 0 radical (unpaired) electrons. The van der Waals surface area contributed by atoms with Crippen LogP contribution in [0.15, 0.2) is 41.8 Å². The van der Waals surface area contributed by atoms with Crippen molar-refractivity contribution in [2.24, 2.45) is 0 Å². The number of hydrogen-bond acceptors (Lipinski definition) is 3. The molecule has 0 atom stereocenters. The Balaban J connectivity index is 1.96. The van der Waals surface area contributed by atoms with Crippen molar-refractivity contribution in [3.05, 3.63) is 57.8 Å². The van der Waals surface area contributed by atoms with Crippen LogP contribution >= 0.6 is 22.9 Å². The highest BCUT2D eigenvalue weighted by atomic mass is 35.5. The summed E-state index contributed by atoms with van der Waals surface area (Å²) in [7, 11) is -1.65. The third-order valence-electron chi connectivity index (χ3n) is 3.25. The Morgan fingerprint density at radius 2 is 1.81 bits per heavy atom. The molecule has 3 nitrogen and oxygen atoms in total. The fourth-order valence-corrected chi connectivity index (χ4v) is 3.99. The first-order chi connectivity index (χ1) is 10.0. The smallest absolute Gasteiger partial charge is 0.212 e. The second-order valence-corrected chi connectivity index (χ2v) is 8.23. The molecule has 6 heteroatoms. The Labute approximate surface area is 135 Å². The van der Waals surface area contributed by atoms with E-state index in [2.05, 4.69) is 0 Å². The summed E-state index contributed by atoms with van der Waals surface area (Å²) in [5, 5.41) is 2.00. The summed E-state index contributed by atoms with van der Waals surface area (Å²) in [6.07, 6.45) is 0.749. The average molecular weight is 344 g/mol. The summed E-state index contributed by atoms with van der Waals surface area (Å²) in [5.41, 5.74) is 1.77. The molecule has 0 unspecified atom stereocenters. The van der Waals surface area contributed by atoms with Gasteiger partial charge in [-0.05, 0) is 29.0 Å². The molecule has 0 saturated heterocycles. The van der Waals surface area contributed by atoms with Crippen molar-refractivity contribution in [2.45, 2.75) is 18.1 Å². The van der Waals surface area contributed by atoms with Crippen molar-refractivity contribution in [1.29, 1.82) is 0 Å². The first kappa shape index (κ1) is 16.5. The lowest BCUT2D eigenvalue weighted by Crippen LogP contribution is -2.30. The number of halogens is 1. The van der Waals surface area contributed by atoms with E-state index in [1.54, 1.807) is 18.4 Å². The van der Waals surface area contributed by atoms with Crippen LogP contribution in [-0.4, -0.2) is 26.3 Å². The number of thiophene rings is 1. The normalized spacial score (nSPS) is 12.0. The van der Waals surface area contributed by atoms with Crippen LogP contribution in [0, 0.1) is 0 Å². The molecule has 0 amide bonds. The van der Waals surface area contributed by atoms with Crippen LogP contribution in [0.3, 0.4) is 0 Å². The fourth-order valence-electron chi connectivity index (χ4n) is 1.91. The summed E-state index contributed by atoms with van der Waals surface area (Å²) in [5.74, 6) is 0.463. The maximum atomic E-state index is 12.3. The van der Waals surface area contributed by atoms with Gasteiger partial charge in [-0.15, -0.1) is 22.9 Å². The third-order valence-corrected chi connectivity index (χ3v) is 6.33. The van der Waals surface area contributed by atoms with E-state index in [1.165, 1.54) is 9.18 Å². The van der Waals surface area contributed by atoms with E-state index < -0.39 is 10.0 Å². The average Bonchev–Trinajstić information content (AvgIpc) is 2.98. The molecule has 1 heterocycles. The topological polar surface area (TPSA) is 37.4 Å². The van der Waals surface area contributed by atoms with Crippen LogP contribution < -0.4 is 0 Å². The molecule has 1 aromatic heterocycles. The van der Waals surface area contributed by atoms with Gasteiger partial charge < -0.3 is 0 Å². The van der Waals surface area contributed by atoms with Gasteiger partial charge in [-0.3, -0.25) is 0 Å². The van der Waals surface area contributed by atoms with E-state index >= 15 is 0 Å². The summed E-state index contributed by atoms with van der Waals surface area (Å²) >= 11 is 7.38. The monoisotopic (exact) mass is 343 g/mol. The highest BCUT2D eigenvalue weighted by Gasteiger charge is 2.18. The van der Waals surface area contributed by atoms with E-state index in [9.17, 15) is 8.42 Å². The predicted octanol–water partition coefficient (Wildman–Crippen LogP) is 3.49. The first-order valence-corrected chi connectivity index (χ1v) is 9.64. The highest BCUT2D eigenvalue weighted by Crippen LogP contribution is 2.14. The number of hydrogen-bond donors (Lipinski definition) is 0. The van der Waals surface area contributed by atoms with Gasteiger partial charge in [0.2, 0.25) is 10.0 Å². The molecule has 0 aliphatic rings. The van der Waals surface area contributed by atoms with Gasteiger partial charge in [-0.2, -0.15) is 0 Å². The Morgan fingerprint density at radius 3 is 2.38 bits per heavy atom. The standard InChI is InChI=1S/C15H18ClNO2S2/c1-17(9-8-15-3-2-10-20-15)21(18,19)12-14-6-4-13(11-16)5-7-14/h2-7,10H,8-9,11-12H2,1H3. The summed E-state index contributed by atoms with van der Waals surface area (Å²) in [4.78, 5) is 1.20. The van der Waals surface area contributed by atoms with Crippen molar-refractivity contribution in [1.82, 2.24) is 4.31 Å². The van der Waals surface area contributed by atoms with E-state index in [1.807, 2.05) is 41.8 Å². The van der Waals surface area contributed by atoms with Crippen LogP contribution in [0.25, 0.3) is 0 Å². The van der Waals surface area contributed by atoms with Crippen molar-refractivity contribution >= 4 is 33.0 Å². The SMILES string of the molecule is CN(CCc1cccs1)S(=O)(=O)Cc1ccc(CCl)cc1. The van der Waals surface area contributed by atoms with Crippen molar-refractivity contribution in [3.8, 4) is 0 Å². The highest BCUT2D eigenvalue weighted by molar-refractivity contribution is 7.88. The molecule has 0 fully saturated rings. The maximum Gasteiger partial charge on any atom is 0.218 e. The Hall–Kier alpha value is -0.880. The van der Waals surface area contributed by atoms with E-state index in [4.69, 9.17) is 11.6 Å². The maximum absolute atomic E-state index is 12.3. The molecule has 1 aromatic carbocycles. The van der Waals surface area contributed by atoms with Gasteiger partial charge in [-0.1, -0.05) is 30.3 Å². The number of rotatable bonds is 7. The Bertz CT molecular complexity index is 651. The molecule has 0 spiro atoms. The number of sulfonamides is 1. The molecule has 114 valence electrons. The fraction of sp³-hybridized carbons (Fsp3) is 0.333. The Morgan fingerprint density at radius 1 is 1.14 bits per heavy atom.